The van der Waals surface area contributed by atoms with Crippen LogP contribution < -0.4 is 15.4 Å². The van der Waals surface area contributed by atoms with Gasteiger partial charge in [-0.05, 0) is 25.1 Å². The van der Waals surface area contributed by atoms with Gasteiger partial charge in [-0.3, -0.25) is 0 Å². The molecule has 0 unspecified atom stereocenters. The van der Waals surface area contributed by atoms with Gasteiger partial charge < -0.3 is 25.1 Å². The first-order valence-electron chi connectivity index (χ1n) is 8.13. The molecule has 3 aromatic rings. The molecule has 0 aliphatic heterocycles. The molecule has 0 saturated carbocycles. The first kappa shape index (κ1) is 17.3. The number of fused-ring (bicyclic) bond motifs is 1. The number of urea groups is 1. The van der Waals surface area contributed by atoms with Crippen LogP contribution in [0.1, 0.15) is 17.4 Å². The number of nitrogens with one attached hydrogen (secondary N) is 3. The smallest absolute Gasteiger partial charge is 0.356 e. The molecular weight excluding hydrogens is 334 g/mol. The lowest BCUT2D eigenvalue weighted by Crippen LogP contribution is -2.21. The van der Waals surface area contributed by atoms with Crippen molar-refractivity contribution in [2.45, 2.75) is 6.92 Å². The van der Waals surface area contributed by atoms with Crippen LogP contribution in [0.25, 0.3) is 10.9 Å². The first-order valence-corrected chi connectivity index (χ1v) is 8.13. The van der Waals surface area contributed by atoms with Crippen molar-refractivity contribution in [3.05, 3.63) is 54.2 Å². The average Bonchev–Trinajstić information content (AvgIpc) is 3.01. The van der Waals surface area contributed by atoms with Crippen LogP contribution in [0.15, 0.2) is 48.5 Å². The van der Waals surface area contributed by atoms with Crippen LogP contribution in [0, 0.1) is 0 Å². The third-order valence-electron chi connectivity index (χ3n) is 3.78. The molecule has 3 rings (SSSR count). The zero-order valence-corrected chi connectivity index (χ0v) is 14.5. The Kier molecular flexibility index (Phi) is 5.07. The van der Waals surface area contributed by atoms with E-state index in [1.807, 2.05) is 24.3 Å². The second-order valence-electron chi connectivity index (χ2n) is 5.42. The second-order valence-corrected chi connectivity index (χ2v) is 5.42. The molecule has 0 bridgehead atoms. The van der Waals surface area contributed by atoms with E-state index in [-0.39, 0.29) is 12.3 Å². The standard InChI is InChI=1S/C19H19N3O4/c1-3-26-18(23)17-16(12-8-4-5-9-13(12)20-17)22-19(24)21-14-10-6-7-11-15(14)25-2/h4-11,20H,3H2,1-2H3,(H2,21,22,24). The van der Waals surface area contributed by atoms with Crippen molar-refractivity contribution < 1.29 is 19.1 Å². The summed E-state index contributed by atoms with van der Waals surface area (Å²) >= 11 is 0. The molecule has 134 valence electrons. The van der Waals surface area contributed by atoms with Gasteiger partial charge in [0.2, 0.25) is 0 Å². The fourth-order valence-corrected chi connectivity index (χ4v) is 2.64. The van der Waals surface area contributed by atoms with Gasteiger partial charge in [-0.15, -0.1) is 0 Å². The molecule has 0 spiro atoms. The van der Waals surface area contributed by atoms with E-state index < -0.39 is 12.0 Å². The molecule has 2 amide bonds. The maximum Gasteiger partial charge on any atom is 0.356 e. The fourth-order valence-electron chi connectivity index (χ4n) is 2.64. The summed E-state index contributed by atoms with van der Waals surface area (Å²) < 4.78 is 10.3. The summed E-state index contributed by atoms with van der Waals surface area (Å²) in [4.78, 5) is 27.7. The number of amides is 2. The Balaban J connectivity index is 1.90. The van der Waals surface area contributed by atoms with Crippen molar-refractivity contribution in [3.8, 4) is 5.75 Å². The Bertz CT molecular complexity index is 949. The third-order valence-corrected chi connectivity index (χ3v) is 3.78. The molecule has 0 aliphatic rings. The zero-order valence-electron chi connectivity index (χ0n) is 14.5. The lowest BCUT2D eigenvalue weighted by atomic mass is 10.2. The highest BCUT2D eigenvalue weighted by Gasteiger charge is 2.20. The van der Waals surface area contributed by atoms with Gasteiger partial charge in [0.25, 0.3) is 0 Å². The lowest BCUT2D eigenvalue weighted by molar-refractivity contribution is 0.0522. The van der Waals surface area contributed by atoms with Gasteiger partial charge in [0.05, 0.1) is 25.1 Å². The highest BCUT2D eigenvalue weighted by Crippen LogP contribution is 2.29. The normalized spacial score (nSPS) is 10.4. The number of hydrogen-bond donors (Lipinski definition) is 3. The van der Waals surface area contributed by atoms with Gasteiger partial charge in [0.15, 0.2) is 0 Å². The molecule has 26 heavy (non-hydrogen) atoms. The Morgan fingerprint density at radius 2 is 1.77 bits per heavy atom. The quantitative estimate of drug-likeness (QED) is 0.605. The van der Waals surface area contributed by atoms with Crippen LogP contribution in [-0.2, 0) is 4.74 Å². The van der Waals surface area contributed by atoms with Crippen LogP contribution in [0.4, 0.5) is 16.2 Å². The summed E-state index contributed by atoms with van der Waals surface area (Å²) in [5, 5.41) is 6.17. The maximum atomic E-state index is 12.5. The number of methoxy groups -OCH3 is 1. The van der Waals surface area contributed by atoms with E-state index in [0.29, 0.717) is 22.5 Å². The minimum Gasteiger partial charge on any atom is -0.495 e. The van der Waals surface area contributed by atoms with Gasteiger partial charge in [-0.1, -0.05) is 30.3 Å². The Labute approximate surface area is 150 Å². The highest BCUT2D eigenvalue weighted by atomic mass is 16.5. The summed E-state index contributed by atoms with van der Waals surface area (Å²) in [7, 11) is 1.52. The minimum atomic E-state index is -0.531. The van der Waals surface area contributed by atoms with Crippen LogP contribution in [0.2, 0.25) is 0 Å². The second kappa shape index (κ2) is 7.60. The number of esters is 1. The van der Waals surface area contributed by atoms with Gasteiger partial charge >= 0.3 is 12.0 Å². The van der Waals surface area contributed by atoms with Gasteiger partial charge in [-0.25, -0.2) is 9.59 Å². The maximum absolute atomic E-state index is 12.5. The highest BCUT2D eigenvalue weighted by molar-refractivity contribution is 6.13. The number of aromatic amines is 1. The van der Waals surface area contributed by atoms with E-state index in [4.69, 9.17) is 9.47 Å². The van der Waals surface area contributed by atoms with Crippen LogP contribution in [0.3, 0.4) is 0 Å². The molecule has 3 N–H and O–H groups in total. The Morgan fingerprint density at radius 3 is 2.54 bits per heavy atom. The van der Waals surface area contributed by atoms with E-state index >= 15 is 0 Å². The number of anilines is 2. The average molecular weight is 353 g/mol. The van der Waals surface area contributed by atoms with Crippen molar-refractivity contribution in [3.63, 3.8) is 0 Å². The number of para-hydroxylation sites is 3. The summed E-state index contributed by atoms with van der Waals surface area (Å²) in [5.41, 5.74) is 1.81. The van der Waals surface area contributed by atoms with Crippen LogP contribution in [-0.4, -0.2) is 30.7 Å². The van der Waals surface area contributed by atoms with Crippen molar-refractivity contribution in [2.75, 3.05) is 24.4 Å². The monoisotopic (exact) mass is 353 g/mol. The molecular formula is C19H19N3O4. The third kappa shape index (κ3) is 3.46. The van der Waals surface area contributed by atoms with E-state index in [1.54, 1.807) is 31.2 Å². The molecule has 0 fully saturated rings. The molecule has 7 heteroatoms. The van der Waals surface area contributed by atoms with Crippen molar-refractivity contribution in [1.29, 1.82) is 0 Å². The summed E-state index contributed by atoms with van der Waals surface area (Å²) in [6.45, 7) is 1.96. The van der Waals surface area contributed by atoms with Crippen molar-refractivity contribution >= 4 is 34.3 Å². The van der Waals surface area contributed by atoms with E-state index in [9.17, 15) is 9.59 Å². The number of carbonyl (C=O) groups excluding carboxylic acids is 2. The predicted molar refractivity (Wildman–Crippen MR) is 99.9 cm³/mol. The van der Waals surface area contributed by atoms with Crippen LogP contribution in [0.5, 0.6) is 5.75 Å². The van der Waals surface area contributed by atoms with Gasteiger partial charge in [0.1, 0.15) is 11.4 Å². The van der Waals surface area contributed by atoms with E-state index in [0.717, 1.165) is 5.52 Å². The van der Waals surface area contributed by atoms with Crippen molar-refractivity contribution in [2.24, 2.45) is 0 Å². The molecule has 7 nitrogen and oxygen atoms in total. The topological polar surface area (TPSA) is 92.5 Å². The summed E-state index contributed by atoms with van der Waals surface area (Å²) in [6, 6.07) is 13.9. The van der Waals surface area contributed by atoms with E-state index in [1.165, 1.54) is 7.11 Å². The van der Waals surface area contributed by atoms with Gasteiger partial charge in [-0.2, -0.15) is 0 Å². The van der Waals surface area contributed by atoms with Crippen LogP contribution >= 0.6 is 0 Å². The molecule has 0 radical (unpaired) electrons. The molecule has 2 aromatic carbocycles. The molecule has 1 heterocycles. The number of carbonyl (C=O) groups is 2. The SMILES string of the molecule is CCOC(=O)c1[nH]c2ccccc2c1NC(=O)Nc1ccccc1OC. The minimum absolute atomic E-state index is 0.197. The predicted octanol–water partition coefficient (Wildman–Crippen LogP) is 4.00. The molecule has 0 aliphatic carbocycles. The Hall–Kier alpha value is -3.48. The number of benzene rings is 2. The number of ether oxygens (including phenoxy) is 2. The summed E-state index contributed by atoms with van der Waals surface area (Å²) in [5.74, 6) is 0.00323. The Morgan fingerprint density at radius 1 is 1.04 bits per heavy atom. The number of hydrogen-bond acceptors (Lipinski definition) is 4. The van der Waals surface area contributed by atoms with Gasteiger partial charge in [0, 0.05) is 10.9 Å². The number of rotatable bonds is 5. The van der Waals surface area contributed by atoms with E-state index in [2.05, 4.69) is 15.6 Å². The first-order chi connectivity index (χ1) is 12.6. The largest absolute Gasteiger partial charge is 0.495 e. The molecule has 0 saturated heterocycles. The molecule has 1 aromatic heterocycles. The number of H-pyrrole nitrogens is 1. The molecule has 0 atom stereocenters. The zero-order chi connectivity index (χ0) is 18.5. The lowest BCUT2D eigenvalue weighted by Gasteiger charge is -2.11. The van der Waals surface area contributed by atoms with Crippen molar-refractivity contribution in [1.82, 2.24) is 4.98 Å². The number of aromatic nitrogens is 1. The summed E-state index contributed by atoms with van der Waals surface area (Å²) in [6.07, 6.45) is 0. The fraction of sp³-hybridized carbons (Fsp3) is 0.158.